The average molecular weight is 251 g/mol. The lowest BCUT2D eigenvalue weighted by molar-refractivity contribution is 0.147. The Hall–Kier alpha value is -0.870. The number of rotatable bonds is 8. The van der Waals surface area contributed by atoms with Gasteiger partial charge in [0.2, 0.25) is 0 Å². The number of nitrogens with one attached hydrogen (secondary N) is 1. The number of nitrogens with zero attached hydrogens (tertiary/aromatic N) is 2. The van der Waals surface area contributed by atoms with Gasteiger partial charge in [0.05, 0.1) is 12.6 Å². The summed E-state index contributed by atoms with van der Waals surface area (Å²) in [7, 11) is 0. The first kappa shape index (κ1) is 13.6. The molecule has 0 amide bonds. The first-order valence-electron chi connectivity index (χ1n) is 7.21. The van der Waals surface area contributed by atoms with Gasteiger partial charge in [-0.05, 0) is 31.4 Å². The lowest BCUT2D eigenvalue weighted by Gasteiger charge is -2.13. The highest BCUT2D eigenvalue weighted by molar-refractivity contribution is 4.78. The number of aliphatic hydroxyl groups excluding tert-OH is 1. The fourth-order valence-corrected chi connectivity index (χ4v) is 2.77. The van der Waals surface area contributed by atoms with E-state index in [1.54, 1.807) is 10.9 Å². The molecule has 1 unspecified atom stereocenters. The van der Waals surface area contributed by atoms with Gasteiger partial charge in [0, 0.05) is 18.9 Å². The van der Waals surface area contributed by atoms with E-state index >= 15 is 0 Å². The second kappa shape index (κ2) is 7.54. The van der Waals surface area contributed by atoms with Gasteiger partial charge in [-0.3, -0.25) is 4.68 Å². The Balaban J connectivity index is 1.47. The van der Waals surface area contributed by atoms with Crippen LogP contribution in [0.4, 0.5) is 0 Å². The fourth-order valence-electron chi connectivity index (χ4n) is 2.77. The predicted molar refractivity (Wildman–Crippen MR) is 72.3 cm³/mol. The second-order valence-corrected chi connectivity index (χ2v) is 5.38. The largest absolute Gasteiger partial charge is 0.390 e. The van der Waals surface area contributed by atoms with E-state index in [9.17, 15) is 5.11 Å². The molecule has 1 aliphatic carbocycles. The van der Waals surface area contributed by atoms with Gasteiger partial charge in [0.15, 0.2) is 0 Å². The van der Waals surface area contributed by atoms with Crippen molar-refractivity contribution in [1.82, 2.24) is 15.1 Å². The Morgan fingerprint density at radius 3 is 2.94 bits per heavy atom. The van der Waals surface area contributed by atoms with Crippen LogP contribution in [0.1, 0.15) is 38.5 Å². The second-order valence-electron chi connectivity index (χ2n) is 5.38. The molecular formula is C14H25N3O. The number of aliphatic hydroxyl groups is 1. The highest BCUT2D eigenvalue weighted by atomic mass is 16.3. The third-order valence-corrected chi connectivity index (χ3v) is 3.78. The van der Waals surface area contributed by atoms with Crippen LogP contribution in [0.15, 0.2) is 18.5 Å². The summed E-state index contributed by atoms with van der Waals surface area (Å²) in [6.45, 7) is 2.25. The standard InChI is InChI=1S/C14H25N3O/c18-14(12-17-10-4-9-16-17)11-15-8-3-7-13-5-1-2-6-13/h4,9-10,13-15,18H,1-3,5-8,11-12H2. The van der Waals surface area contributed by atoms with E-state index in [-0.39, 0.29) is 6.10 Å². The molecule has 0 aliphatic heterocycles. The normalized spacial score (nSPS) is 18.3. The first-order chi connectivity index (χ1) is 8.84. The van der Waals surface area contributed by atoms with Crippen molar-refractivity contribution in [2.24, 2.45) is 5.92 Å². The molecule has 1 aliphatic rings. The highest BCUT2D eigenvalue weighted by Gasteiger charge is 2.13. The first-order valence-corrected chi connectivity index (χ1v) is 7.21. The van der Waals surface area contributed by atoms with Crippen LogP contribution in [0.25, 0.3) is 0 Å². The molecule has 1 saturated carbocycles. The van der Waals surface area contributed by atoms with Gasteiger partial charge in [-0.15, -0.1) is 0 Å². The van der Waals surface area contributed by atoms with Gasteiger partial charge in [-0.2, -0.15) is 5.10 Å². The van der Waals surface area contributed by atoms with Crippen LogP contribution in [0.2, 0.25) is 0 Å². The van der Waals surface area contributed by atoms with Gasteiger partial charge in [-0.1, -0.05) is 25.7 Å². The minimum atomic E-state index is -0.351. The quantitative estimate of drug-likeness (QED) is 0.693. The Labute approximate surface area is 109 Å². The minimum absolute atomic E-state index is 0.351. The molecule has 1 fully saturated rings. The molecule has 0 radical (unpaired) electrons. The van der Waals surface area contributed by atoms with Crippen LogP contribution in [-0.2, 0) is 6.54 Å². The van der Waals surface area contributed by atoms with Crippen LogP contribution in [-0.4, -0.2) is 34.1 Å². The molecule has 2 N–H and O–H groups in total. The molecule has 1 heterocycles. The van der Waals surface area contributed by atoms with Crippen molar-refractivity contribution in [1.29, 1.82) is 0 Å². The third-order valence-electron chi connectivity index (χ3n) is 3.78. The number of hydrogen-bond acceptors (Lipinski definition) is 3. The lowest BCUT2D eigenvalue weighted by Crippen LogP contribution is -2.31. The van der Waals surface area contributed by atoms with Crippen LogP contribution in [0.3, 0.4) is 0 Å². The van der Waals surface area contributed by atoms with E-state index < -0.39 is 0 Å². The van der Waals surface area contributed by atoms with Crippen molar-refractivity contribution in [3.63, 3.8) is 0 Å². The summed E-state index contributed by atoms with van der Waals surface area (Å²) in [6.07, 6.45) is 11.6. The summed E-state index contributed by atoms with van der Waals surface area (Å²) in [4.78, 5) is 0. The molecule has 0 saturated heterocycles. The van der Waals surface area contributed by atoms with Gasteiger partial charge in [0.1, 0.15) is 0 Å². The fraction of sp³-hybridized carbons (Fsp3) is 0.786. The summed E-state index contributed by atoms with van der Waals surface area (Å²) in [5.41, 5.74) is 0. The van der Waals surface area contributed by atoms with Crippen LogP contribution in [0.5, 0.6) is 0 Å². The molecule has 1 aromatic heterocycles. The smallest absolute Gasteiger partial charge is 0.0860 e. The maximum atomic E-state index is 9.81. The Morgan fingerprint density at radius 2 is 2.22 bits per heavy atom. The zero-order valence-corrected chi connectivity index (χ0v) is 11.1. The molecule has 4 heteroatoms. The molecule has 0 bridgehead atoms. The maximum Gasteiger partial charge on any atom is 0.0860 e. The summed E-state index contributed by atoms with van der Waals surface area (Å²) >= 11 is 0. The molecule has 0 spiro atoms. The van der Waals surface area contributed by atoms with Crippen molar-refractivity contribution in [2.45, 2.75) is 51.2 Å². The van der Waals surface area contributed by atoms with Crippen LogP contribution in [0, 0.1) is 5.92 Å². The zero-order valence-electron chi connectivity index (χ0n) is 11.1. The predicted octanol–water partition coefficient (Wildman–Crippen LogP) is 1.80. The van der Waals surface area contributed by atoms with Crippen molar-refractivity contribution < 1.29 is 5.11 Å². The molecule has 1 atom stereocenters. The van der Waals surface area contributed by atoms with Gasteiger partial charge in [0.25, 0.3) is 0 Å². The van der Waals surface area contributed by atoms with E-state index in [0.717, 1.165) is 12.5 Å². The van der Waals surface area contributed by atoms with Crippen molar-refractivity contribution in [3.8, 4) is 0 Å². The number of hydrogen-bond donors (Lipinski definition) is 2. The molecule has 102 valence electrons. The SMILES string of the molecule is OC(CNCCCC1CCCC1)Cn1cccn1. The topological polar surface area (TPSA) is 50.1 Å². The Bertz CT molecular complexity index is 307. The van der Waals surface area contributed by atoms with Crippen molar-refractivity contribution in [3.05, 3.63) is 18.5 Å². The van der Waals surface area contributed by atoms with E-state index in [1.165, 1.54) is 38.5 Å². The molecule has 1 aromatic rings. The monoisotopic (exact) mass is 251 g/mol. The molecule has 0 aromatic carbocycles. The molecular weight excluding hydrogens is 226 g/mol. The van der Waals surface area contributed by atoms with E-state index in [4.69, 9.17) is 0 Å². The zero-order chi connectivity index (χ0) is 12.6. The van der Waals surface area contributed by atoms with Crippen LogP contribution >= 0.6 is 0 Å². The van der Waals surface area contributed by atoms with E-state index in [1.807, 2.05) is 12.3 Å². The summed E-state index contributed by atoms with van der Waals surface area (Å²) < 4.78 is 1.77. The van der Waals surface area contributed by atoms with Gasteiger partial charge in [-0.25, -0.2) is 0 Å². The van der Waals surface area contributed by atoms with Gasteiger partial charge < -0.3 is 10.4 Å². The summed E-state index contributed by atoms with van der Waals surface area (Å²) in [5.74, 6) is 0.973. The van der Waals surface area contributed by atoms with Crippen LogP contribution < -0.4 is 5.32 Å². The minimum Gasteiger partial charge on any atom is -0.390 e. The Kier molecular flexibility index (Phi) is 5.68. The Morgan fingerprint density at radius 1 is 1.39 bits per heavy atom. The molecule has 4 nitrogen and oxygen atoms in total. The van der Waals surface area contributed by atoms with Crippen molar-refractivity contribution in [2.75, 3.05) is 13.1 Å². The molecule has 2 rings (SSSR count). The summed E-state index contributed by atoms with van der Waals surface area (Å²) in [5, 5.41) is 17.2. The van der Waals surface area contributed by atoms with Crippen molar-refractivity contribution >= 4 is 0 Å². The third kappa shape index (κ3) is 4.78. The highest BCUT2D eigenvalue weighted by Crippen LogP contribution is 2.28. The molecule has 18 heavy (non-hydrogen) atoms. The summed E-state index contributed by atoms with van der Waals surface area (Å²) in [6, 6.07) is 1.88. The maximum absolute atomic E-state index is 9.81. The van der Waals surface area contributed by atoms with E-state index in [0.29, 0.717) is 13.1 Å². The average Bonchev–Trinajstić information content (AvgIpc) is 3.01. The lowest BCUT2D eigenvalue weighted by atomic mass is 10.0. The number of aromatic nitrogens is 2. The van der Waals surface area contributed by atoms with E-state index in [2.05, 4.69) is 10.4 Å². The van der Waals surface area contributed by atoms with Gasteiger partial charge >= 0.3 is 0 Å².